The maximum absolute atomic E-state index is 10.2. The zero-order chi connectivity index (χ0) is 35.6. The normalized spacial score (nSPS) is 6.69. The van der Waals surface area contributed by atoms with Gasteiger partial charge in [0.25, 0.3) is 0 Å². The van der Waals surface area contributed by atoms with Gasteiger partial charge in [0.05, 0.1) is 42.7 Å². The van der Waals surface area contributed by atoms with Gasteiger partial charge in [-0.1, -0.05) is 70.9 Å². The molecule has 0 saturated carbocycles. The second kappa shape index (κ2) is 58.1. The van der Waals surface area contributed by atoms with Crippen molar-refractivity contribution < 1.29 is 77.0 Å². The quantitative estimate of drug-likeness (QED) is 0.129. The summed E-state index contributed by atoms with van der Waals surface area (Å²) in [5, 5.41) is 17.9. The standard InChI is InChI=1S/2C5H8O2.C4H7NO4.C4H6O4.2C4H6O2.6CH4/c2*1-4(2)5(6)7-3;1-9-4(8)5-2-3(6)7;1-8-4(7)2-3(5)6;2*1-3-4(5)6-2;;;;;;/h2*1H2,2-3H3;2H2,1H3,(H,5,8)(H,6,7);2H2,1H3,(H,5,6);2*3H,1H2,2H3;6*1H4. The lowest BCUT2D eigenvalue weighted by Crippen LogP contribution is -2.28. The highest BCUT2D eigenvalue weighted by Crippen LogP contribution is 1.87. The van der Waals surface area contributed by atoms with Crippen LogP contribution in [0, 0.1) is 0 Å². The average molecular weight is 720 g/mol. The van der Waals surface area contributed by atoms with Gasteiger partial charge in [-0.15, -0.1) is 0 Å². The molecule has 3 N–H and O–H groups in total. The number of esters is 5. The summed E-state index contributed by atoms with van der Waals surface area (Å²) in [5.74, 6) is -4.47. The van der Waals surface area contributed by atoms with Crippen molar-refractivity contribution in [1.29, 1.82) is 0 Å². The van der Waals surface area contributed by atoms with Gasteiger partial charge in [0.1, 0.15) is 13.0 Å². The second-order valence-electron chi connectivity index (χ2n) is 6.38. The van der Waals surface area contributed by atoms with E-state index in [0.29, 0.717) is 11.1 Å². The highest BCUT2D eigenvalue weighted by atomic mass is 16.5. The van der Waals surface area contributed by atoms with E-state index in [-0.39, 0.29) is 56.5 Å². The number of methoxy groups -OCH3 is 6. The Morgan fingerprint density at radius 1 is 0.551 bits per heavy atom. The molecule has 0 atom stereocenters. The maximum atomic E-state index is 10.2. The predicted octanol–water partition coefficient (Wildman–Crippen LogP) is 5.04. The van der Waals surface area contributed by atoms with Crippen LogP contribution in [0.15, 0.2) is 49.6 Å². The molecule has 0 spiro atoms. The summed E-state index contributed by atoms with van der Waals surface area (Å²) in [7, 11) is 7.59. The van der Waals surface area contributed by atoms with Crippen molar-refractivity contribution in [3.8, 4) is 0 Å². The Labute approximate surface area is 293 Å². The molecule has 0 radical (unpaired) electrons. The van der Waals surface area contributed by atoms with E-state index in [1.165, 1.54) is 28.4 Å². The first-order valence-corrected chi connectivity index (χ1v) is 11.0. The first-order valence-electron chi connectivity index (χ1n) is 11.0. The summed E-state index contributed by atoms with van der Waals surface area (Å²) >= 11 is 0. The lowest BCUT2D eigenvalue weighted by Gasteiger charge is -1.96. The van der Waals surface area contributed by atoms with E-state index in [9.17, 15) is 38.4 Å². The fraction of sp³-hybridized carbons (Fsp3) is 0.500. The van der Waals surface area contributed by atoms with E-state index < -0.39 is 48.9 Å². The molecule has 1 amide bonds. The van der Waals surface area contributed by atoms with Crippen molar-refractivity contribution in [2.75, 3.05) is 49.2 Å². The molecule has 49 heavy (non-hydrogen) atoms. The number of nitrogens with one attached hydrogen (secondary N) is 1. The van der Waals surface area contributed by atoms with Crippen LogP contribution in [0.25, 0.3) is 0 Å². The minimum absolute atomic E-state index is 0. The molecule has 294 valence electrons. The molecule has 0 heterocycles. The lowest BCUT2D eigenvalue weighted by atomic mass is 10.4. The van der Waals surface area contributed by atoms with Crippen molar-refractivity contribution in [2.24, 2.45) is 0 Å². The molecule has 0 aromatic heterocycles. The largest absolute Gasteiger partial charge is 0.481 e. The van der Waals surface area contributed by atoms with E-state index in [2.05, 4.69) is 54.7 Å². The summed E-state index contributed by atoms with van der Waals surface area (Å²) in [6.07, 6.45) is 0.925. The third-order valence-corrected chi connectivity index (χ3v) is 2.90. The molecule has 17 heteroatoms. The third-order valence-electron chi connectivity index (χ3n) is 2.90. The fourth-order valence-corrected chi connectivity index (χ4v) is 0.931. The lowest BCUT2D eigenvalue weighted by molar-refractivity contribution is -0.149. The predicted molar refractivity (Wildman–Crippen MR) is 191 cm³/mol. The minimum Gasteiger partial charge on any atom is -0.481 e. The number of alkyl carbamates (subject to hydrolysis) is 1. The number of carbonyl (C=O) groups is 8. The smallest absolute Gasteiger partial charge is 0.407 e. The Hall–Kier alpha value is -5.48. The van der Waals surface area contributed by atoms with Crippen LogP contribution in [0.5, 0.6) is 0 Å². The van der Waals surface area contributed by atoms with E-state index in [4.69, 9.17) is 10.2 Å². The summed E-state index contributed by atoms with van der Waals surface area (Å²) in [6.45, 7) is 15.8. The van der Waals surface area contributed by atoms with Gasteiger partial charge in [-0.3, -0.25) is 14.4 Å². The van der Waals surface area contributed by atoms with Crippen LogP contribution in [0.2, 0.25) is 0 Å². The van der Waals surface area contributed by atoms with Crippen molar-refractivity contribution in [2.45, 2.75) is 64.8 Å². The number of hydrogen-bond donors (Lipinski definition) is 3. The molecule has 0 rings (SSSR count). The highest BCUT2D eigenvalue weighted by molar-refractivity contribution is 5.90. The van der Waals surface area contributed by atoms with Gasteiger partial charge >= 0.3 is 47.9 Å². The second-order valence-corrected chi connectivity index (χ2v) is 6.38. The fourth-order valence-electron chi connectivity index (χ4n) is 0.931. The van der Waals surface area contributed by atoms with Gasteiger partial charge in [-0.25, -0.2) is 24.0 Å². The molecule has 0 fully saturated rings. The van der Waals surface area contributed by atoms with E-state index in [1.54, 1.807) is 13.8 Å². The number of hydrogen-bond acceptors (Lipinski definition) is 14. The molecule has 0 aliphatic rings. The molecular formula is C32H65NO16. The molecule has 0 aliphatic carbocycles. The van der Waals surface area contributed by atoms with E-state index in [1.807, 2.05) is 5.32 Å². The monoisotopic (exact) mass is 719 g/mol. The van der Waals surface area contributed by atoms with Crippen molar-refractivity contribution in [3.63, 3.8) is 0 Å². The van der Waals surface area contributed by atoms with Crippen LogP contribution in [0.4, 0.5) is 4.79 Å². The molecule has 0 saturated heterocycles. The van der Waals surface area contributed by atoms with Gasteiger partial charge in [0.2, 0.25) is 0 Å². The SMILES string of the molecule is C.C.C.C.C.C.C=C(C)C(=O)OC.C=C(C)C(=O)OC.C=CC(=O)OC.C=CC(=O)OC.COC(=O)CC(=O)O.COC(=O)NCC(=O)O. The number of carboxylic acid groups (broad SMARTS) is 2. The number of carbonyl (C=O) groups excluding carboxylic acids is 6. The number of carboxylic acids is 2. The zero-order valence-electron chi connectivity index (χ0n) is 25.5. The third kappa shape index (κ3) is 92.2. The summed E-state index contributed by atoms with van der Waals surface area (Å²) in [5.41, 5.74) is 0.866. The van der Waals surface area contributed by atoms with Crippen molar-refractivity contribution >= 4 is 47.9 Å². The number of aliphatic carboxylic acids is 2. The maximum Gasteiger partial charge on any atom is 0.407 e. The Kier molecular flexibility index (Phi) is 93.9. The van der Waals surface area contributed by atoms with Gasteiger partial charge in [-0.05, 0) is 13.8 Å². The van der Waals surface area contributed by atoms with Crippen LogP contribution < -0.4 is 5.32 Å². The Morgan fingerprint density at radius 2 is 0.857 bits per heavy atom. The first kappa shape index (κ1) is 79.2. The molecular weight excluding hydrogens is 654 g/mol. The molecule has 0 aliphatic heterocycles. The Balaban J connectivity index is -0.0000000329. The molecule has 0 bridgehead atoms. The van der Waals surface area contributed by atoms with Gasteiger partial charge in [0, 0.05) is 23.3 Å². The Bertz CT molecular complexity index is 895. The van der Waals surface area contributed by atoms with Crippen molar-refractivity contribution in [1.82, 2.24) is 5.32 Å². The molecule has 0 unspecified atom stereocenters. The minimum atomic E-state index is -1.17. The first-order chi connectivity index (χ1) is 19.8. The van der Waals surface area contributed by atoms with Crippen molar-refractivity contribution in [3.05, 3.63) is 49.6 Å². The molecule has 0 aromatic rings. The van der Waals surface area contributed by atoms with E-state index >= 15 is 0 Å². The van der Waals surface area contributed by atoms with Gasteiger partial charge in [0.15, 0.2) is 0 Å². The van der Waals surface area contributed by atoms with Gasteiger partial charge < -0.3 is 44.0 Å². The average Bonchev–Trinajstić information content (AvgIpc) is 2.98. The van der Waals surface area contributed by atoms with Gasteiger partial charge in [-0.2, -0.15) is 0 Å². The number of ether oxygens (including phenoxy) is 6. The zero-order valence-corrected chi connectivity index (χ0v) is 25.5. The van der Waals surface area contributed by atoms with Crippen LogP contribution in [0.3, 0.4) is 0 Å². The highest BCUT2D eigenvalue weighted by Gasteiger charge is 2.05. The molecule has 0 aromatic carbocycles. The summed E-state index contributed by atoms with van der Waals surface area (Å²) < 4.78 is 25.0. The number of rotatable bonds is 8. The number of amides is 1. The van der Waals surface area contributed by atoms with Crippen LogP contribution >= 0.6 is 0 Å². The van der Waals surface area contributed by atoms with Crippen LogP contribution in [0.1, 0.15) is 64.8 Å². The Morgan fingerprint density at radius 3 is 0.939 bits per heavy atom. The summed E-state index contributed by atoms with van der Waals surface area (Å²) in [6, 6.07) is 0. The molecule has 17 nitrogen and oxygen atoms in total. The van der Waals surface area contributed by atoms with E-state index in [0.717, 1.165) is 26.4 Å². The van der Waals surface area contributed by atoms with Crippen LogP contribution in [-0.2, 0) is 62.0 Å². The topological polar surface area (TPSA) is 244 Å². The summed E-state index contributed by atoms with van der Waals surface area (Å²) in [4.78, 5) is 79.6. The van der Waals surface area contributed by atoms with Crippen LogP contribution in [-0.4, -0.2) is 107 Å².